The SMILES string of the molecule is CCN(CC)C(=O)c1cccc(NC(=O)CN(C)CC(=O)Nc2cccc(OC)c2)c1. The zero-order valence-electron chi connectivity index (χ0n) is 18.5. The number of nitrogens with zero attached hydrogens (tertiary/aromatic N) is 2. The maximum Gasteiger partial charge on any atom is 0.253 e. The number of carbonyl (C=O) groups is 3. The van der Waals surface area contributed by atoms with Crippen LogP contribution in [0.15, 0.2) is 48.5 Å². The van der Waals surface area contributed by atoms with Gasteiger partial charge in [0.15, 0.2) is 0 Å². The van der Waals surface area contributed by atoms with E-state index in [9.17, 15) is 14.4 Å². The Bertz CT molecular complexity index is 912. The van der Waals surface area contributed by atoms with Crippen LogP contribution < -0.4 is 15.4 Å². The minimum atomic E-state index is -0.274. The molecule has 0 bridgehead atoms. The van der Waals surface area contributed by atoms with Crippen LogP contribution in [-0.4, -0.2) is 67.9 Å². The highest BCUT2D eigenvalue weighted by atomic mass is 16.5. The fourth-order valence-electron chi connectivity index (χ4n) is 3.07. The Labute approximate surface area is 183 Å². The Balaban J connectivity index is 1.88. The molecule has 0 aliphatic rings. The van der Waals surface area contributed by atoms with E-state index >= 15 is 0 Å². The van der Waals surface area contributed by atoms with Crippen LogP contribution in [0.25, 0.3) is 0 Å². The zero-order chi connectivity index (χ0) is 22.8. The van der Waals surface area contributed by atoms with Gasteiger partial charge in [-0.2, -0.15) is 0 Å². The van der Waals surface area contributed by atoms with E-state index in [0.29, 0.717) is 35.8 Å². The van der Waals surface area contributed by atoms with Crippen molar-refractivity contribution in [1.82, 2.24) is 9.80 Å². The van der Waals surface area contributed by atoms with Gasteiger partial charge in [0.05, 0.1) is 20.2 Å². The molecule has 166 valence electrons. The first-order valence-corrected chi connectivity index (χ1v) is 10.2. The maximum atomic E-state index is 12.5. The summed E-state index contributed by atoms with van der Waals surface area (Å²) in [4.78, 5) is 40.4. The summed E-state index contributed by atoms with van der Waals surface area (Å²) in [6.07, 6.45) is 0. The second-order valence-corrected chi connectivity index (χ2v) is 7.06. The van der Waals surface area contributed by atoms with Gasteiger partial charge in [-0.1, -0.05) is 12.1 Å². The Morgan fingerprint density at radius 3 is 1.97 bits per heavy atom. The summed E-state index contributed by atoms with van der Waals surface area (Å²) in [7, 11) is 3.24. The number of nitrogens with one attached hydrogen (secondary N) is 2. The molecule has 0 heterocycles. The number of rotatable bonds is 10. The van der Waals surface area contributed by atoms with Crippen LogP contribution in [0.4, 0.5) is 11.4 Å². The van der Waals surface area contributed by atoms with E-state index in [-0.39, 0.29) is 30.8 Å². The van der Waals surface area contributed by atoms with Gasteiger partial charge in [0.2, 0.25) is 11.8 Å². The summed E-state index contributed by atoms with van der Waals surface area (Å²) in [6.45, 7) is 5.16. The van der Waals surface area contributed by atoms with Crippen molar-refractivity contribution in [2.75, 3.05) is 51.0 Å². The molecule has 0 spiro atoms. The molecular weight excluding hydrogens is 396 g/mol. The molecular formula is C23H30N4O4. The highest BCUT2D eigenvalue weighted by Gasteiger charge is 2.15. The molecule has 3 amide bonds. The molecule has 2 rings (SSSR count). The average molecular weight is 427 g/mol. The van der Waals surface area contributed by atoms with Crippen molar-refractivity contribution in [1.29, 1.82) is 0 Å². The zero-order valence-corrected chi connectivity index (χ0v) is 18.5. The molecule has 0 fully saturated rings. The van der Waals surface area contributed by atoms with Gasteiger partial charge in [-0.05, 0) is 51.2 Å². The minimum Gasteiger partial charge on any atom is -0.497 e. The van der Waals surface area contributed by atoms with Crippen molar-refractivity contribution in [3.8, 4) is 5.75 Å². The van der Waals surface area contributed by atoms with Crippen LogP contribution in [0.1, 0.15) is 24.2 Å². The number of amides is 3. The van der Waals surface area contributed by atoms with Crippen LogP contribution in [0.2, 0.25) is 0 Å². The molecule has 2 aromatic carbocycles. The largest absolute Gasteiger partial charge is 0.497 e. The number of ether oxygens (including phenoxy) is 1. The van der Waals surface area contributed by atoms with Gasteiger partial charge in [-0.15, -0.1) is 0 Å². The summed E-state index contributed by atoms with van der Waals surface area (Å²) in [5.74, 6) is 0.0548. The lowest BCUT2D eigenvalue weighted by atomic mass is 10.1. The molecule has 0 saturated carbocycles. The van der Waals surface area contributed by atoms with Crippen LogP contribution in [0, 0.1) is 0 Å². The highest BCUT2D eigenvalue weighted by Crippen LogP contribution is 2.16. The molecule has 8 heteroatoms. The molecule has 0 radical (unpaired) electrons. The lowest BCUT2D eigenvalue weighted by molar-refractivity contribution is -0.119. The number of likely N-dealkylation sites (N-methyl/N-ethyl adjacent to an activating group) is 1. The van der Waals surface area contributed by atoms with E-state index in [1.54, 1.807) is 72.5 Å². The average Bonchev–Trinajstić information content (AvgIpc) is 2.74. The smallest absolute Gasteiger partial charge is 0.253 e. The predicted molar refractivity (Wildman–Crippen MR) is 121 cm³/mol. The molecule has 0 saturated heterocycles. The summed E-state index contributed by atoms with van der Waals surface area (Å²) in [5, 5.41) is 5.56. The summed E-state index contributed by atoms with van der Waals surface area (Å²) in [5.41, 5.74) is 1.68. The maximum absolute atomic E-state index is 12.5. The van der Waals surface area contributed by atoms with Gasteiger partial charge < -0.3 is 20.3 Å². The summed E-state index contributed by atoms with van der Waals surface area (Å²) < 4.78 is 5.14. The number of hydrogen-bond acceptors (Lipinski definition) is 5. The molecule has 0 atom stereocenters. The fraction of sp³-hybridized carbons (Fsp3) is 0.348. The second-order valence-electron chi connectivity index (χ2n) is 7.06. The molecule has 8 nitrogen and oxygen atoms in total. The van der Waals surface area contributed by atoms with Crippen LogP contribution in [0.3, 0.4) is 0 Å². The fourth-order valence-corrected chi connectivity index (χ4v) is 3.07. The van der Waals surface area contributed by atoms with Crippen molar-refractivity contribution in [2.45, 2.75) is 13.8 Å². The third-order valence-corrected chi connectivity index (χ3v) is 4.62. The van der Waals surface area contributed by atoms with Gasteiger partial charge in [0.25, 0.3) is 5.91 Å². The summed E-state index contributed by atoms with van der Waals surface area (Å²) >= 11 is 0. The third kappa shape index (κ3) is 7.42. The van der Waals surface area contributed by atoms with E-state index in [1.165, 1.54) is 0 Å². The minimum absolute atomic E-state index is 0.0275. The van der Waals surface area contributed by atoms with Crippen molar-refractivity contribution < 1.29 is 19.1 Å². The van der Waals surface area contributed by atoms with Crippen molar-refractivity contribution in [3.63, 3.8) is 0 Å². The predicted octanol–water partition coefficient (Wildman–Crippen LogP) is 2.69. The monoisotopic (exact) mass is 426 g/mol. The molecule has 31 heavy (non-hydrogen) atoms. The van der Waals surface area contributed by atoms with Gasteiger partial charge in [0, 0.05) is 36.1 Å². The summed E-state index contributed by atoms with van der Waals surface area (Å²) in [6, 6.07) is 13.9. The normalized spacial score (nSPS) is 10.5. The molecule has 0 unspecified atom stereocenters. The molecule has 2 N–H and O–H groups in total. The Kier molecular flexibility index (Phi) is 9.02. The number of benzene rings is 2. The van der Waals surface area contributed by atoms with Gasteiger partial charge >= 0.3 is 0 Å². The number of methoxy groups -OCH3 is 1. The van der Waals surface area contributed by atoms with E-state index in [1.807, 2.05) is 13.8 Å². The van der Waals surface area contributed by atoms with Crippen molar-refractivity contribution in [2.24, 2.45) is 0 Å². The number of carbonyl (C=O) groups excluding carboxylic acids is 3. The molecule has 2 aromatic rings. The number of anilines is 2. The molecule has 0 aromatic heterocycles. The first-order chi connectivity index (χ1) is 14.9. The first kappa shape index (κ1) is 23.9. The third-order valence-electron chi connectivity index (χ3n) is 4.62. The molecule has 0 aliphatic heterocycles. The second kappa shape index (κ2) is 11.7. The van der Waals surface area contributed by atoms with E-state index < -0.39 is 0 Å². The Hall–Kier alpha value is -3.39. The Morgan fingerprint density at radius 2 is 1.42 bits per heavy atom. The van der Waals surface area contributed by atoms with Crippen molar-refractivity contribution >= 4 is 29.1 Å². The molecule has 0 aliphatic carbocycles. The van der Waals surface area contributed by atoms with Gasteiger partial charge in [-0.25, -0.2) is 0 Å². The van der Waals surface area contributed by atoms with Crippen LogP contribution >= 0.6 is 0 Å². The highest BCUT2D eigenvalue weighted by molar-refractivity contribution is 5.98. The van der Waals surface area contributed by atoms with Gasteiger partial charge in [0.1, 0.15) is 5.75 Å². The van der Waals surface area contributed by atoms with E-state index in [0.717, 1.165) is 0 Å². The van der Waals surface area contributed by atoms with Crippen LogP contribution in [0.5, 0.6) is 5.75 Å². The topological polar surface area (TPSA) is 91.0 Å². The Morgan fingerprint density at radius 1 is 0.871 bits per heavy atom. The lowest BCUT2D eigenvalue weighted by Gasteiger charge is -2.19. The first-order valence-electron chi connectivity index (χ1n) is 10.2. The number of hydrogen-bond donors (Lipinski definition) is 2. The van der Waals surface area contributed by atoms with E-state index in [4.69, 9.17) is 4.74 Å². The van der Waals surface area contributed by atoms with Gasteiger partial charge in [-0.3, -0.25) is 19.3 Å². The quantitative estimate of drug-likeness (QED) is 0.610. The van der Waals surface area contributed by atoms with E-state index in [2.05, 4.69) is 10.6 Å². The van der Waals surface area contributed by atoms with Crippen LogP contribution in [-0.2, 0) is 9.59 Å². The standard InChI is InChI=1S/C23H30N4O4/c1-5-27(6-2)23(30)17-9-7-10-18(13-17)24-21(28)15-26(3)16-22(29)25-19-11-8-12-20(14-19)31-4/h7-14H,5-6,15-16H2,1-4H3,(H,24,28)(H,25,29). The van der Waals surface area contributed by atoms with Crippen molar-refractivity contribution in [3.05, 3.63) is 54.1 Å². The lowest BCUT2D eigenvalue weighted by Crippen LogP contribution is -2.36.